The minimum atomic E-state index is -0.133. The summed E-state index contributed by atoms with van der Waals surface area (Å²) in [4.78, 5) is 14.3. The number of methoxy groups -OCH3 is 2. The van der Waals surface area contributed by atoms with Crippen LogP contribution in [0.2, 0.25) is 0 Å². The zero-order chi connectivity index (χ0) is 19.2. The minimum Gasteiger partial charge on any atom is -0.493 e. The Hall–Kier alpha value is -3.21. The van der Waals surface area contributed by atoms with Gasteiger partial charge in [0.05, 0.1) is 19.9 Å². The minimum absolute atomic E-state index is 0.133. The Morgan fingerprint density at radius 1 is 0.963 bits per heavy atom. The second kappa shape index (κ2) is 8.45. The van der Waals surface area contributed by atoms with Crippen molar-refractivity contribution in [2.45, 2.75) is 6.42 Å². The molecule has 0 aliphatic rings. The molecule has 0 saturated heterocycles. The number of benzene rings is 3. The van der Waals surface area contributed by atoms with E-state index in [1.54, 1.807) is 26.2 Å². The van der Waals surface area contributed by atoms with Crippen molar-refractivity contribution in [1.29, 1.82) is 0 Å². The number of anilines is 1. The number of urea groups is 1. The van der Waals surface area contributed by atoms with E-state index in [4.69, 9.17) is 9.47 Å². The number of likely N-dealkylation sites (N-methyl/N-ethyl adjacent to an activating group) is 1. The van der Waals surface area contributed by atoms with Gasteiger partial charge >= 0.3 is 6.03 Å². The predicted octanol–water partition coefficient (Wildman–Crippen LogP) is 4.56. The first-order valence-electron chi connectivity index (χ1n) is 8.83. The monoisotopic (exact) mass is 364 g/mol. The highest BCUT2D eigenvalue weighted by Gasteiger charge is 2.11. The van der Waals surface area contributed by atoms with Gasteiger partial charge in [0, 0.05) is 19.0 Å². The summed E-state index contributed by atoms with van der Waals surface area (Å²) in [7, 11) is 5.02. The van der Waals surface area contributed by atoms with Gasteiger partial charge in [-0.2, -0.15) is 0 Å². The third-order valence-corrected chi connectivity index (χ3v) is 4.56. The van der Waals surface area contributed by atoms with Crippen molar-refractivity contribution < 1.29 is 14.3 Å². The molecule has 0 spiro atoms. The molecular formula is C22H24N2O3. The van der Waals surface area contributed by atoms with E-state index < -0.39 is 0 Å². The molecule has 0 aliphatic heterocycles. The van der Waals surface area contributed by atoms with Gasteiger partial charge in [0.25, 0.3) is 0 Å². The number of carbonyl (C=O) groups excluding carboxylic acids is 1. The number of rotatable bonds is 6. The van der Waals surface area contributed by atoms with Crippen molar-refractivity contribution in [2.24, 2.45) is 0 Å². The van der Waals surface area contributed by atoms with Gasteiger partial charge in [-0.3, -0.25) is 0 Å². The molecule has 3 rings (SSSR count). The Morgan fingerprint density at radius 2 is 1.70 bits per heavy atom. The lowest BCUT2D eigenvalue weighted by Gasteiger charge is -2.19. The lowest BCUT2D eigenvalue weighted by atomic mass is 10.1. The van der Waals surface area contributed by atoms with Crippen LogP contribution in [0.15, 0.2) is 60.7 Å². The van der Waals surface area contributed by atoms with Gasteiger partial charge in [-0.15, -0.1) is 0 Å². The van der Waals surface area contributed by atoms with Crippen molar-refractivity contribution in [3.05, 3.63) is 66.2 Å². The summed E-state index contributed by atoms with van der Waals surface area (Å²) in [5, 5.41) is 5.13. The third-order valence-electron chi connectivity index (χ3n) is 4.56. The zero-order valence-electron chi connectivity index (χ0n) is 15.9. The number of hydrogen-bond acceptors (Lipinski definition) is 3. The maximum Gasteiger partial charge on any atom is 0.321 e. The molecule has 5 heteroatoms. The van der Waals surface area contributed by atoms with Crippen molar-refractivity contribution in [3.8, 4) is 11.5 Å². The normalized spacial score (nSPS) is 10.5. The van der Waals surface area contributed by atoms with Crippen LogP contribution in [0.25, 0.3) is 10.8 Å². The number of amides is 2. The van der Waals surface area contributed by atoms with Crippen molar-refractivity contribution in [3.63, 3.8) is 0 Å². The van der Waals surface area contributed by atoms with E-state index in [-0.39, 0.29) is 6.03 Å². The highest BCUT2D eigenvalue weighted by molar-refractivity contribution is 6.01. The summed E-state index contributed by atoms with van der Waals surface area (Å²) >= 11 is 0. The maximum absolute atomic E-state index is 12.6. The average Bonchev–Trinajstić information content (AvgIpc) is 2.71. The van der Waals surface area contributed by atoms with Gasteiger partial charge in [-0.05, 0) is 35.6 Å². The first-order valence-corrected chi connectivity index (χ1v) is 8.83. The largest absolute Gasteiger partial charge is 0.493 e. The molecule has 2 amide bonds. The van der Waals surface area contributed by atoms with Gasteiger partial charge in [0.2, 0.25) is 0 Å². The van der Waals surface area contributed by atoms with Crippen LogP contribution in [0.1, 0.15) is 5.56 Å². The second-order valence-electron chi connectivity index (χ2n) is 6.32. The standard InChI is InChI=1S/C22H24N2O3/c1-24(14-13-16-11-12-20(26-2)21(15-16)27-3)22(25)23-19-10-6-8-17-7-4-5-9-18(17)19/h4-12,15H,13-14H2,1-3H3,(H,23,25). The number of hydrogen-bond donors (Lipinski definition) is 1. The van der Waals surface area contributed by atoms with E-state index in [9.17, 15) is 4.79 Å². The smallest absolute Gasteiger partial charge is 0.321 e. The molecule has 3 aromatic rings. The van der Waals surface area contributed by atoms with Crippen LogP contribution in [-0.4, -0.2) is 38.7 Å². The number of nitrogens with zero attached hydrogens (tertiary/aromatic N) is 1. The van der Waals surface area contributed by atoms with Crippen LogP contribution >= 0.6 is 0 Å². The zero-order valence-corrected chi connectivity index (χ0v) is 15.9. The van der Waals surface area contributed by atoms with Crippen LogP contribution in [0.4, 0.5) is 10.5 Å². The van der Waals surface area contributed by atoms with Crippen molar-refractivity contribution in [2.75, 3.05) is 33.1 Å². The van der Waals surface area contributed by atoms with Crippen LogP contribution in [0.5, 0.6) is 11.5 Å². The number of ether oxygens (including phenoxy) is 2. The number of fused-ring (bicyclic) bond motifs is 1. The molecule has 0 aromatic heterocycles. The summed E-state index contributed by atoms with van der Waals surface area (Å²) in [6.45, 7) is 0.589. The third kappa shape index (κ3) is 4.31. The number of nitrogens with one attached hydrogen (secondary N) is 1. The van der Waals surface area contributed by atoms with Gasteiger partial charge in [0.15, 0.2) is 11.5 Å². The van der Waals surface area contributed by atoms with E-state index in [0.29, 0.717) is 18.0 Å². The van der Waals surface area contributed by atoms with E-state index in [1.165, 1.54) is 0 Å². The Labute approximate surface area is 159 Å². The van der Waals surface area contributed by atoms with Crippen LogP contribution in [0.3, 0.4) is 0 Å². The van der Waals surface area contributed by atoms with Crippen LogP contribution < -0.4 is 14.8 Å². The van der Waals surface area contributed by atoms with Crippen LogP contribution in [0, 0.1) is 0 Å². The molecule has 0 atom stereocenters. The fourth-order valence-electron chi connectivity index (χ4n) is 2.98. The maximum atomic E-state index is 12.6. The summed E-state index contributed by atoms with van der Waals surface area (Å²) in [6.07, 6.45) is 0.722. The Kier molecular flexibility index (Phi) is 5.81. The molecular weight excluding hydrogens is 340 g/mol. The Morgan fingerprint density at radius 3 is 2.48 bits per heavy atom. The fraction of sp³-hybridized carbons (Fsp3) is 0.227. The van der Waals surface area contributed by atoms with Gasteiger partial charge in [-0.1, -0.05) is 42.5 Å². The Balaban J connectivity index is 1.64. The molecule has 140 valence electrons. The summed E-state index contributed by atoms with van der Waals surface area (Å²) in [5.74, 6) is 1.39. The molecule has 0 bridgehead atoms. The number of carbonyl (C=O) groups is 1. The molecule has 0 radical (unpaired) electrons. The summed E-state index contributed by atoms with van der Waals surface area (Å²) in [5.41, 5.74) is 1.90. The molecule has 0 unspecified atom stereocenters. The molecule has 0 heterocycles. The summed E-state index contributed by atoms with van der Waals surface area (Å²) in [6, 6.07) is 19.6. The van der Waals surface area contributed by atoms with E-state index in [1.807, 2.05) is 60.7 Å². The SMILES string of the molecule is COc1ccc(CCN(C)C(=O)Nc2cccc3ccccc23)cc1OC. The topological polar surface area (TPSA) is 50.8 Å². The van der Waals surface area contributed by atoms with Gasteiger partial charge < -0.3 is 19.7 Å². The molecule has 5 nitrogen and oxygen atoms in total. The second-order valence-corrected chi connectivity index (χ2v) is 6.32. The average molecular weight is 364 g/mol. The summed E-state index contributed by atoms with van der Waals surface area (Å²) < 4.78 is 10.6. The highest BCUT2D eigenvalue weighted by Crippen LogP contribution is 2.28. The highest BCUT2D eigenvalue weighted by atomic mass is 16.5. The Bertz CT molecular complexity index is 934. The molecule has 0 fully saturated rings. The fourth-order valence-corrected chi connectivity index (χ4v) is 2.98. The van der Waals surface area contributed by atoms with Gasteiger partial charge in [-0.25, -0.2) is 4.79 Å². The quantitative estimate of drug-likeness (QED) is 0.697. The predicted molar refractivity (Wildman–Crippen MR) is 109 cm³/mol. The van der Waals surface area contributed by atoms with Crippen molar-refractivity contribution in [1.82, 2.24) is 4.90 Å². The van der Waals surface area contributed by atoms with Crippen LogP contribution in [-0.2, 0) is 6.42 Å². The first-order chi connectivity index (χ1) is 13.1. The van der Waals surface area contributed by atoms with E-state index in [2.05, 4.69) is 5.32 Å². The lowest BCUT2D eigenvalue weighted by Crippen LogP contribution is -2.33. The molecule has 27 heavy (non-hydrogen) atoms. The van der Waals surface area contributed by atoms with Gasteiger partial charge in [0.1, 0.15) is 0 Å². The van der Waals surface area contributed by atoms with E-state index in [0.717, 1.165) is 28.4 Å². The van der Waals surface area contributed by atoms with E-state index >= 15 is 0 Å². The molecule has 1 N–H and O–H groups in total. The molecule has 3 aromatic carbocycles. The molecule has 0 aliphatic carbocycles. The first kappa shape index (κ1) is 18.6. The molecule has 0 saturated carbocycles. The lowest BCUT2D eigenvalue weighted by molar-refractivity contribution is 0.223. The van der Waals surface area contributed by atoms with Crippen molar-refractivity contribution >= 4 is 22.5 Å².